The molecule has 8 heteroatoms. The van der Waals surface area contributed by atoms with E-state index in [1.54, 1.807) is 0 Å². The molecule has 176 valence electrons. The molecule has 1 saturated heterocycles. The summed E-state index contributed by atoms with van der Waals surface area (Å²) in [6.45, 7) is 4.74. The van der Waals surface area contributed by atoms with Crippen molar-refractivity contribution in [1.82, 2.24) is 4.90 Å². The average Bonchev–Trinajstić information content (AvgIpc) is 2.96. The van der Waals surface area contributed by atoms with Gasteiger partial charge in [0.1, 0.15) is 0 Å². The molecule has 0 aromatic heterocycles. The summed E-state index contributed by atoms with van der Waals surface area (Å²) < 4.78 is 84.6. The van der Waals surface area contributed by atoms with E-state index >= 15 is 0 Å². The molecule has 0 spiro atoms. The Labute approximate surface area is 184 Å². The highest BCUT2D eigenvalue weighted by atomic mass is 19.4. The van der Waals surface area contributed by atoms with Gasteiger partial charge in [0.2, 0.25) is 0 Å². The Morgan fingerprint density at radius 3 is 2.06 bits per heavy atom. The summed E-state index contributed by atoms with van der Waals surface area (Å²) in [5.74, 6) is 0. The maximum Gasteiger partial charge on any atom is 0.416 e. The molecule has 0 aliphatic carbocycles. The fraction of sp³-hybridized carbons (Fsp3) is 0.500. The lowest BCUT2D eigenvalue weighted by Gasteiger charge is -2.33. The van der Waals surface area contributed by atoms with Gasteiger partial charge in [0, 0.05) is 5.41 Å². The van der Waals surface area contributed by atoms with Crippen LogP contribution in [0.1, 0.15) is 48.4 Å². The number of alkyl halides is 6. The Morgan fingerprint density at radius 1 is 0.875 bits per heavy atom. The smallest absolute Gasteiger partial charge is 0.376 e. The van der Waals surface area contributed by atoms with Crippen LogP contribution < -0.4 is 0 Å². The van der Waals surface area contributed by atoms with Gasteiger partial charge in [-0.2, -0.15) is 26.3 Å². The second-order valence-electron chi connectivity index (χ2n) is 8.34. The van der Waals surface area contributed by atoms with Gasteiger partial charge in [0.05, 0.1) is 24.3 Å². The van der Waals surface area contributed by atoms with E-state index in [-0.39, 0.29) is 30.3 Å². The first-order chi connectivity index (χ1) is 15.0. The van der Waals surface area contributed by atoms with Crippen LogP contribution in [0.25, 0.3) is 0 Å². The standard InChI is InChI=1S/C24H27F6NO/c1-2-31-11-6-9-22(10-12-31,19-7-4-3-5-8-19)17-32-16-18-13-20(23(25,26)27)15-21(14-18)24(28,29)30/h3-5,7-8,13-15H,2,6,9-12,16-17H2,1H3. The predicted octanol–water partition coefficient (Wildman–Crippen LogP) is 6.68. The number of hydrogen-bond acceptors (Lipinski definition) is 2. The Hall–Kier alpha value is -2.06. The van der Waals surface area contributed by atoms with Crippen LogP contribution in [-0.4, -0.2) is 31.1 Å². The summed E-state index contributed by atoms with van der Waals surface area (Å²) in [5.41, 5.74) is -2.04. The van der Waals surface area contributed by atoms with Crippen LogP contribution in [0.5, 0.6) is 0 Å². The number of nitrogens with zero attached hydrogens (tertiary/aromatic N) is 1. The molecule has 1 heterocycles. The Kier molecular flexibility index (Phi) is 7.55. The molecular formula is C24H27F6NO. The predicted molar refractivity (Wildman–Crippen MR) is 110 cm³/mol. The summed E-state index contributed by atoms with van der Waals surface area (Å²) in [5, 5.41) is 0. The molecule has 0 amide bonds. The van der Waals surface area contributed by atoms with Crippen LogP contribution in [0.15, 0.2) is 48.5 Å². The van der Waals surface area contributed by atoms with E-state index in [9.17, 15) is 26.3 Å². The maximum absolute atomic E-state index is 13.1. The molecule has 32 heavy (non-hydrogen) atoms. The summed E-state index contributed by atoms with van der Waals surface area (Å²) in [4.78, 5) is 2.34. The Balaban J connectivity index is 1.82. The molecule has 1 fully saturated rings. The number of likely N-dealkylation sites (tertiary alicyclic amines) is 1. The number of rotatable bonds is 6. The summed E-state index contributed by atoms with van der Waals surface area (Å²) in [6, 6.07) is 11.4. The van der Waals surface area contributed by atoms with Crippen LogP contribution in [0.2, 0.25) is 0 Å². The van der Waals surface area contributed by atoms with E-state index in [2.05, 4.69) is 11.8 Å². The molecule has 1 aliphatic rings. The molecule has 1 atom stereocenters. The average molecular weight is 459 g/mol. The lowest BCUT2D eigenvalue weighted by Crippen LogP contribution is -2.34. The summed E-state index contributed by atoms with van der Waals surface area (Å²) >= 11 is 0. The molecule has 0 saturated carbocycles. The number of ether oxygens (including phenoxy) is 1. The molecule has 0 bridgehead atoms. The van der Waals surface area contributed by atoms with Crippen molar-refractivity contribution in [2.75, 3.05) is 26.2 Å². The van der Waals surface area contributed by atoms with Gasteiger partial charge in [-0.15, -0.1) is 0 Å². The topological polar surface area (TPSA) is 12.5 Å². The van der Waals surface area contributed by atoms with Crippen LogP contribution in [0, 0.1) is 0 Å². The van der Waals surface area contributed by atoms with E-state index in [1.165, 1.54) is 0 Å². The van der Waals surface area contributed by atoms with Gasteiger partial charge in [0.15, 0.2) is 0 Å². The fourth-order valence-corrected chi connectivity index (χ4v) is 4.34. The third-order valence-corrected chi connectivity index (χ3v) is 6.16. The first-order valence-corrected chi connectivity index (χ1v) is 10.7. The van der Waals surface area contributed by atoms with Gasteiger partial charge in [-0.25, -0.2) is 0 Å². The highest BCUT2D eigenvalue weighted by Crippen LogP contribution is 2.38. The Morgan fingerprint density at radius 2 is 1.50 bits per heavy atom. The lowest BCUT2D eigenvalue weighted by molar-refractivity contribution is -0.143. The number of halogens is 6. The zero-order valence-electron chi connectivity index (χ0n) is 17.9. The van der Waals surface area contributed by atoms with Gasteiger partial charge in [-0.1, -0.05) is 37.3 Å². The van der Waals surface area contributed by atoms with Crippen LogP contribution >= 0.6 is 0 Å². The van der Waals surface area contributed by atoms with Crippen molar-refractivity contribution in [2.24, 2.45) is 0 Å². The first-order valence-electron chi connectivity index (χ1n) is 10.7. The van der Waals surface area contributed by atoms with Crippen LogP contribution in [0.4, 0.5) is 26.3 Å². The molecule has 1 aliphatic heterocycles. The van der Waals surface area contributed by atoms with Crippen molar-refractivity contribution >= 4 is 0 Å². The third-order valence-electron chi connectivity index (χ3n) is 6.16. The molecule has 1 unspecified atom stereocenters. The van der Waals surface area contributed by atoms with E-state index in [0.717, 1.165) is 56.6 Å². The number of hydrogen-bond donors (Lipinski definition) is 0. The maximum atomic E-state index is 13.1. The van der Waals surface area contributed by atoms with E-state index in [1.807, 2.05) is 30.3 Å². The zero-order chi connectivity index (χ0) is 23.4. The van der Waals surface area contributed by atoms with Crippen molar-refractivity contribution in [1.29, 1.82) is 0 Å². The molecule has 2 aromatic rings. The van der Waals surface area contributed by atoms with Gasteiger partial charge < -0.3 is 9.64 Å². The molecule has 0 N–H and O–H groups in total. The molecule has 3 rings (SSSR count). The fourth-order valence-electron chi connectivity index (χ4n) is 4.34. The largest absolute Gasteiger partial charge is 0.416 e. The Bertz CT molecular complexity index is 848. The highest BCUT2D eigenvalue weighted by molar-refractivity contribution is 5.33. The molecule has 2 aromatic carbocycles. The molecule has 0 radical (unpaired) electrons. The van der Waals surface area contributed by atoms with Crippen LogP contribution in [0.3, 0.4) is 0 Å². The quantitative estimate of drug-likeness (QED) is 0.447. The first kappa shape index (κ1) is 24.6. The third kappa shape index (κ3) is 6.04. The zero-order valence-corrected chi connectivity index (χ0v) is 17.9. The molecular weight excluding hydrogens is 432 g/mol. The minimum Gasteiger partial charge on any atom is -0.376 e. The van der Waals surface area contributed by atoms with Crippen LogP contribution in [-0.2, 0) is 29.1 Å². The normalized spacial score (nSPS) is 20.8. The second-order valence-corrected chi connectivity index (χ2v) is 8.34. The van der Waals surface area contributed by atoms with Crippen molar-refractivity contribution in [2.45, 2.75) is 50.6 Å². The van der Waals surface area contributed by atoms with Crippen molar-refractivity contribution in [3.8, 4) is 0 Å². The van der Waals surface area contributed by atoms with Crippen molar-refractivity contribution in [3.63, 3.8) is 0 Å². The van der Waals surface area contributed by atoms with Gasteiger partial charge >= 0.3 is 12.4 Å². The van der Waals surface area contributed by atoms with E-state index in [4.69, 9.17) is 4.74 Å². The van der Waals surface area contributed by atoms with Crippen molar-refractivity contribution in [3.05, 3.63) is 70.8 Å². The summed E-state index contributed by atoms with van der Waals surface area (Å²) in [6.07, 6.45) is -7.16. The van der Waals surface area contributed by atoms with Gasteiger partial charge in [-0.3, -0.25) is 0 Å². The van der Waals surface area contributed by atoms with Gasteiger partial charge in [-0.05, 0) is 68.2 Å². The van der Waals surface area contributed by atoms with E-state index in [0.29, 0.717) is 0 Å². The van der Waals surface area contributed by atoms with Gasteiger partial charge in [0.25, 0.3) is 0 Å². The monoisotopic (exact) mass is 459 g/mol. The summed E-state index contributed by atoms with van der Waals surface area (Å²) in [7, 11) is 0. The van der Waals surface area contributed by atoms with E-state index < -0.39 is 23.5 Å². The molecule has 2 nitrogen and oxygen atoms in total. The van der Waals surface area contributed by atoms with Crippen molar-refractivity contribution < 1.29 is 31.1 Å². The minimum absolute atomic E-state index is 0.138. The lowest BCUT2D eigenvalue weighted by atomic mass is 9.75. The second kappa shape index (κ2) is 9.83. The minimum atomic E-state index is -4.87. The highest BCUT2D eigenvalue weighted by Gasteiger charge is 2.37. The number of benzene rings is 2. The SMILES string of the molecule is CCN1CCCC(COCc2cc(C(F)(F)F)cc(C(F)(F)F)c2)(c2ccccc2)CC1.